The maximum absolute atomic E-state index is 13.5. The molecule has 2 aliphatic rings. The van der Waals surface area contributed by atoms with Crippen molar-refractivity contribution in [1.29, 1.82) is 0 Å². The Bertz CT molecular complexity index is 1030. The van der Waals surface area contributed by atoms with E-state index in [1.807, 2.05) is 18.2 Å². The van der Waals surface area contributed by atoms with Crippen LogP contribution in [0.3, 0.4) is 0 Å². The smallest absolute Gasteiger partial charge is 0.225 e. The van der Waals surface area contributed by atoms with E-state index in [0.29, 0.717) is 25.0 Å². The van der Waals surface area contributed by atoms with Gasteiger partial charge in [-0.25, -0.2) is 0 Å². The molecule has 2 unspecified atom stereocenters. The van der Waals surface area contributed by atoms with Crippen LogP contribution in [0.4, 0.5) is 5.69 Å². The van der Waals surface area contributed by atoms with Crippen LogP contribution in [-0.2, 0) is 22.4 Å². The topological polar surface area (TPSA) is 51.2 Å². The van der Waals surface area contributed by atoms with Crippen LogP contribution in [-0.4, -0.2) is 64.4 Å². The van der Waals surface area contributed by atoms with Crippen molar-refractivity contribution in [2.45, 2.75) is 40.0 Å². The summed E-state index contributed by atoms with van der Waals surface area (Å²) in [4.78, 5) is 17.9. The quantitative estimate of drug-likeness (QED) is 0.524. The highest BCUT2D eigenvalue weighted by Gasteiger charge is 2.33. The summed E-state index contributed by atoms with van der Waals surface area (Å²) in [5.41, 5.74) is 6.45. The monoisotopic (exact) mass is 480 g/mol. The number of rotatable bonds is 8. The number of amides is 1. The predicted octanol–water partition coefficient (Wildman–Crippen LogP) is 4.43. The minimum Gasteiger partial charge on any atom is -0.495 e. The molecule has 1 amide bonds. The number of carbonyl (C=O) groups excluding carboxylic acids is 1. The van der Waals surface area contributed by atoms with Crippen molar-refractivity contribution in [1.82, 2.24) is 4.90 Å². The van der Waals surface area contributed by atoms with Crippen LogP contribution in [0.2, 0.25) is 0 Å². The van der Waals surface area contributed by atoms with E-state index < -0.39 is 0 Å². The van der Waals surface area contributed by atoms with E-state index in [1.54, 1.807) is 14.2 Å². The SMILES string of the molecule is COCCOc1cc(C)c2c(c1C)CC(C(C)C(=O)N1CCN(c3ccccc3OC)CC1)CC2. The molecule has 2 aromatic carbocycles. The Morgan fingerprint density at radius 1 is 1.03 bits per heavy atom. The first-order valence-electron chi connectivity index (χ1n) is 12.8. The summed E-state index contributed by atoms with van der Waals surface area (Å²) in [6.45, 7) is 10.7. The van der Waals surface area contributed by atoms with E-state index in [1.165, 1.54) is 22.3 Å². The minimum absolute atomic E-state index is 0.0127. The number of piperazine rings is 1. The maximum Gasteiger partial charge on any atom is 0.225 e. The normalized spacial score (nSPS) is 18.7. The van der Waals surface area contributed by atoms with Gasteiger partial charge in [-0.15, -0.1) is 0 Å². The molecule has 0 saturated carbocycles. The van der Waals surface area contributed by atoms with Crippen LogP contribution in [0, 0.1) is 25.7 Å². The van der Waals surface area contributed by atoms with Gasteiger partial charge in [0.1, 0.15) is 18.1 Å². The molecule has 1 aliphatic heterocycles. The Hall–Kier alpha value is -2.73. The summed E-state index contributed by atoms with van der Waals surface area (Å²) in [7, 11) is 3.40. The molecule has 0 aromatic heterocycles. The van der Waals surface area contributed by atoms with Gasteiger partial charge in [-0.3, -0.25) is 4.79 Å². The predicted molar refractivity (Wildman–Crippen MR) is 140 cm³/mol. The number of aryl methyl sites for hydroxylation is 1. The van der Waals surface area contributed by atoms with E-state index >= 15 is 0 Å². The van der Waals surface area contributed by atoms with Crippen molar-refractivity contribution in [3.63, 3.8) is 0 Å². The number of benzene rings is 2. The molecule has 0 spiro atoms. The average molecular weight is 481 g/mol. The number of para-hydroxylation sites is 2. The number of anilines is 1. The second-order valence-electron chi connectivity index (χ2n) is 9.89. The zero-order valence-corrected chi connectivity index (χ0v) is 21.9. The van der Waals surface area contributed by atoms with Gasteiger partial charge in [-0.1, -0.05) is 19.1 Å². The number of ether oxygens (including phenoxy) is 3. The lowest BCUT2D eigenvalue weighted by Gasteiger charge is -2.39. The van der Waals surface area contributed by atoms with Crippen molar-refractivity contribution in [2.75, 3.05) is 58.5 Å². The van der Waals surface area contributed by atoms with Crippen LogP contribution >= 0.6 is 0 Å². The van der Waals surface area contributed by atoms with Gasteiger partial charge in [-0.05, 0) is 79.5 Å². The molecule has 6 heteroatoms. The second kappa shape index (κ2) is 11.3. The van der Waals surface area contributed by atoms with Crippen LogP contribution in [0.5, 0.6) is 11.5 Å². The standard InChI is InChI=1S/C29H40N2O4/c1-20-18-28(35-17-16-33-4)22(3)25-19-23(10-11-24(20)25)21(2)29(32)31-14-12-30(13-15-31)26-8-6-7-9-27(26)34-5/h6-9,18,21,23H,10-17,19H2,1-5H3. The average Bonchev–Trinajstić information content (AvgIpc) is 2.90. The summed E-state index contributed by atoms with van der Waals surface area (Å²) < 4.78 is 16.7. The fourth-order valence-electron chi connectivity index (χ4n) is 5.68. The maximum atomic E-state index is 13.5. The molecule has 1 aliphatic carbocycles. The van der Waals surface area contributed by atoms with Gasteiger partial charge >= 0.3 is 0 Å². The highest BCUT2D eigenvalue weighted by Crippen LogP contribution is 2.38. The Labute approximate surface area is 210 Å². The zero-order valence-electron chi connectivity index (χ0n) is 21.9. The van der Waals surface area contributed by atoms with Crippen molar-refractivity contribution in [3.8, 4) is 11.5 Å². The molecular formula is C29H40N2O4. The molecule has 0 radical (unpaired) electrons. The van der Waals surface area contributed by atoms with Crippen LogP contribution in [0.25, 0.3) is 0 Å². The Morgan fingerprint density at radius 3 is 2.49 bits per heavy atom. The Kier molecular flexibility index (Phi) is 8.22. The second-order valence-corrected chi connectivity index (χ2v) is 9.89. The van der Waals surface area contributed by atoms with E-state index in [0.717, 1.165) is 62.6 Å². The molecule has 6 nitrogen and oxygen atoms in total. The lowest BCUT2D eigenvalue weighted by Crippen LogP contribution is -2.51. The molecule has 190 valence electrons. The van der Waals surface area contributed by atoms with Gasteiger partial charge in [0.25, 0.3) is 0 Å². The van der Waals surface area contributed by atoms with Crippen molar-refractivity contribution in [3.05, 3.63) is 52.6 Å². The molecule has 1 saturated heterocycles. The van der Waals surface area contributed by atoms with Crippen molar-refractivity contribution >= 4 is 11.6 Å². The molecule has 2 atom stereocenters. The van der Waals surface area contributed by atoms with E-state index in [-0.39, 0.29) is 5.92 Å². The van der Waals surface area contributed by atoms with Gasteiger partial charge in [0.2, 0.25) is 5.91 Å². The molecule has 2 aromatic rings. The van der Waals surface area contributed by atoms with Crippen LogP contribution < -0.4 is 14.4 Å². The van der Waals surface area contributed by atoms with Crippen LogP contribution in [0.15, 0.2) is 30.3 Å². The third kappa shape index (κ3) is 5.43. The molecule has 0 N–H and O–H groups in total. The van der Waals surface area contributed by atoms with E-state index in [4.69, 9.17) is 14.2 Å². The van der Waals surface area contributed by atoms with Gasteiger partial charge in [0.15, 0.2) is 0 Å². The summed E-state index contributed by atoms with van der Waals surface area (Å²) >= 11 is 0. The van der Waals surface area contributed by atoms with Crippen LogP contribution in [0.1, 0.15) is 35.6 Å². The highest BCUT2D eigenvalue weighted by molar-refractivity contribution is 5.79. The van der Waals surface area contributed by atoms with Gasteiger partial charge in [-0.2, -0.15) is 0 Å². The third-order valence-corrected chi connectivity index (χ3v) is 7.90. The number of methoxy groups -OCH3 is 2. The van der Waals surface area contributed by atoms with Crippen molar-refractivity contribution in [2.24, 2.45) is 11.8 Å². The first kappa shape index (κ1) is 25.4. The molecule has 35 heavy (non-hydrogen) atoms. The van der Waals surface area contributed by atoms with E-state index in [2.05, 4.69) is 42.7 Å². The summed E-state index contributed by atoms with van der Waals surface area (Å²) in [5.74, 6) is 2.50. The van der Waals surface area contributed by atoms with Gasteiger partial charge in [0, 0.05) is 39.2 Å². The molecule has 1 heterocycles. The number of carbonyl (C=O) groups is 1. The van der Waals surface area contributed by atoms with E-state index in [9.17, 15) is 4.79 Å². The summed E-state index contributed by atoms with van der Waals surface area (Å²) in [6, 6.07) is 10.3. The first-order chi connectivity index (χ1) is 16.9. The highest BCUT2D eigenvalue weighted by atomic mass is 16.5. The summed E-state index contributed by atoms with van der Waals surface area (Å²) in [5, 5.41) is 0. The lowest BCUT2D eigenvalue weighted by atomic mass is 9.74. The summed E-state index contributed by atoms with van der Waals surface area (Å²) in [6.07, 6.45) is 3.03. The number of nitrogens with zero attached hydrogens (tertiary/aromatic N) is 2. The third-order valence-electron chi connectivity index (χ3n) is 7.90. The molecule has 4 rings (SSSR count). The Morgan fingerprint density at radius 2 is 1.77 bits per heavy atom. The number of hydrogen-bond acceptors (Lipinski definition) is 5. The minimum atomic E-state index is 0.0127. The zero-order chi connectivity index (χ0) is 24.9. The molecule has 1 fully saturated rings. The largest absolute Gasteiger partial charge is 0.495 e. The Balaban J connectivity index is 1.40. The number of hydrogen-bond donors (Lipinski definition) is 0. The van der Waals surface area contributed by atoms with Gasteiger partial charge < -0.3 is 24.0 Å². The van der Waals surface area contributed by atoms with Gasteiger partial charge in [0.05, 0.1) is 19.4 Å². The van der Waals surface area contributed by atoms with Crippen molar-refractivity contribution < 1.29 is 19.0 Å². The molecular weight excluding hydrogens is 440 g/mol. The fraction of sp³-hybridized carbons (Fsp3) is 0.552. The molecule has 0 bridgehead atoms. The fourth-order valence-corrected chi connectivity index (χ4v) is 5.68. The number of fused-ring (bicyclic) bond motifs is 1. The first-order valence-corrected chi connectivity index (χ1v) is 12.8. The lowest BCUT2D eigenvalue weighted by molar-refractivity contribution is -0.137.